The summed E-state index contributed by atoms with van der Waals surface area (Å²) in [6.07, 6.45) is 4.09. The maximum atomic E-state index is 12.5. The van der Waals surface area contributed by atoms with Gasteiger partial charge in [-0.1, -0.05) is 0 Å². The van der Waals surface area contributed by atoms with Gasteiger partial charge in [0.15, 0.2) is 0 Å². The molecule has 0 unspecified atom stereocenters. The number of amides is 2. The molecule has 5 heteroatoms. The average molecular weight is 265 g/mol. The molecule has 2 amide bonds. The molecule has 19 heavy (non-hydrogen) atoms. The van der Waals surface area contributed by atoms with Crippen molar-refractivity contribution in [3.63, 3.8) is 0 Å². The maximum Gasteiger partial charge on any atom is 0.242 e. The van der Waals surface area contributed by atoms with Gasteiger partial charge in [-0.2, -0.15) is 0 Å². The minimum Gasteiger partial charge on any atom is -0.336 e. The molecule has 5 nitrogen and oxygen atoms in total. The Kier molecular flexibility index (Phi) is 3.48. The quantitative estimate of drug-likeness (QED) is 0.776. The standard InChI is InChI=1S/C14H23N3O2/c1-10-8-11(4-5-15-10)14(19)16-6-7-17(12-2-3-12)13(18)9-16/h10-12,15H,2-9H2,1H3/t10-,11-/m0/s1. The van der Waals surface area contributed by atoms with Crippen molar-refractivity contribution < 1.29 is 9.59 Å². The van der Waals surface area contributed by atoms with Gasteiger partial charge in [-0.05, 0) is 39.2 Å². The number of piperidine rings is 1. The lowest BCUT2D eigenvalue weighted by Gasteiger charge is -2.37. The lowest BCUT2D eigenvalue weighted by molar-refractivity contribution is -0.148. The van der Waals surface area contributed by atoms with Crippen molar-refractivity contribution >= 4 is 11.8 Å². The lowest BCUT2D eigenvalue weighted by atomic mass is 9.92. The van der Waals surface area contributed by atoms with Gasteiger partial charge in [0, 0.05) is 31.1 Å². The van der Waals surface area contributed by atoms with Crippen molar-refractivity contribution in [2.45, 2.75) is 44.7 Å². The van der Waals surface area contributed by atoms with Gasteiger partial charge >= 0.3 is 0 Å². The molecule has 2 saturated heterocycles. The van der Waals surface area contributed by atoms with Crippen LogP contribution in [0.5, 0.6) is 0 Å². The van der Waals surface area contributed by atoms with Crippen molar-refractivity contribution in [3.8, 4) is 0 Å². The van der Waals surface area contributed by atoms with Crippen LogP contribution in [0.15, 0.2) is 0 Å². The lowest BCUT2D eigenvalue weighted by Crippen LogP contribution is -2.55. The van der Waals surface area contributed by atoms with Crippen LogP contribution in [0.3, 0.4) is 0 Å². The molecule has 3 rings (SSSR count). The number of carbonyl (C=O) groups is 2. The summed E-state index contributed by atoms with van der Waals surface area (Å²) >= 11 is 0. The number of nitrogens with zero attached hydrogens (tertiary/aromatic N) is 2. The van der Waals surface area contributed by atoms with E-state index >= 15 is 0 Å². The monoisotopic (exact) mass is 265 g/mol. The molecule has 3 aliphatic rings. The SMILES string of the molecule is C[C@H]1C[C@@H](C(=O)N2CCN(C3CC3)C(=O)C2)CCN1. The Labute approximate surface area is 114 Å². The summed E-state index contributed by atoms with van der Waals surface area (Å²) in [5.41, 5.74) is 0. The summed E-state index contributed by atoms with van der Waals surface area (Å²) in [7, 11) is 0. The average Bonchev–Trinajstić information content (AvgIpc) is 3.22. The highest BCUT2D eigenvalue weighted by Gasteiger charge is 2.38. The first kappa shape index (κ1) is 12.9. The first-order valence-corrected chi connectivity index (χ1v) is 7.47. The highest BCUT2D eigenvalue weighted by atomic mass is 16.2. The highest BCUT2D eigenvalue weighted by molar-refractivity contribution is 5.87. The highest BCUT2D eigenvalue weighted by Crippen LogP contribution is 2.28. The summed E-state index contributed by atoms with van der Waals surface area (Å²) in [6.45, 7) is 4.78. The van der Waals surface area contributed by atoms with Gasteiger partial charge in [-0.3, -0.25) is 9.59 Å². The number of carbonyl (C=O) groups excluding carboxylic acids is 2. The minimum absolute atomic E-state index is 0.108. The first-order valence-electron chi connectivity index (χ1n) is 7.47. The molecule has 2 aliphatic heterocycles. The molecule has 0 spiro atoms. The molecule has 0 aromatic rings. The van der Waals surface area contributed by atoms with E-state index in [4.69, 9.17) is 0 Å². The van der Waals surface area contributed by atoms with E-state index in [2.05, 4.69) is 12.2 Å². The zero-order valence-electron chi connectivity index (χ0n) is 11.6. The molecule has 106 valence electrons. The van der Waals surface area contributed by atoms with Crippen molar-refractivity contribution in [3.05, 3.63) is 0 Å². The van der Waals surface area contributed by atoms with E-state index in [1.165, 1.54) is 0 Å². The summed E-state index contributed by atoms with van der Waals surface area (Å²) in [5.74, 6) is 0.442. The van der Waals surface area contributed by atoms with Gasteiger partial charge in [0.2, 0.25) is 11.8 Å². The molecule has 0 bridgehead atoms. The number of rotatable bonds is 2. The minimum atomic E-state index is 0.108. The van der Waals surface area contributed by atoms with Gasteiger partial charge in [-0.15, -0.1) is 0 Å². The molecule has 2 atom stereocenters. The molecular weight excluding hydrogens is 242 g/mol. The van der Waals surface area contributed by atoms with Crippen LogP contribution in [-0.2, 0) is 9.59 Å². The van der Waals surface area contributed by atoms with Crippen LogP contribution < -0.4 is 5.32 Å². The fourth-order valence-corrected chi connectivity index (χ4v) is 3.26. The summed E-state index contributed by atoms with van der Waals surface area (Å²) in [5, 5.41) is 3.36. The first-order chi connectivity index (χ1) is 9.15. The Balaban J connectivity index is 1.57. The van der Waals surface area contributed by atoms with Crippen LogP contribution in [-0.4, -0.2) is 59.9 Å². The van der Waals surface area contributed by atoms with E-state index in [0.717, 1.165) is 45.3 Å². The van der Waals surface area contributed by atoms with Crippen molar-refractivity contribution in [2.24, 2.45) is 5.92 Å². The topological polar surface area (TPSA) is 52.7 Å². The van der Waals surface area contributed by atoms with E-state index < -0.39 is 0 Å². The third kappa shape index (κ3) is 2.76. The smallest absolute Gasteiger partial charge is 0.242 e. The van der Waals surface area contributed by atoms with Crippen molar-refractivity contribution in [2.75, 3.05) is 26.2 Å². The molecule has 1 saturated carbocycles. The van der Waals surface area contributed by atoms with Crippen LogP contribution in [0.2, 0.25) is 0 Å². The summed E-state index contributed by atoms with van der Waals surface area (Å²) in [6, 6.07) is 0.884. The second-order valence-electron chi connectivity index (χ2n) is 6.15. The fourth-order valence-electron chi connectivity index (χ4n) is 3.26. The fraction of sp³-hybridized carbons (Fsp3) is 0.857. The Bertz CT molecular complexity index is 381. The summed E-state index contributed by atoms with van der Waals surface area (Å²) in [4.78, 5) is 28.3. The van der Waals surface area contributed by atoms with Crippen LogP contribution in [0.4, 0.5) is 0 Å². The number of piperazine rings is 1. The van der Waals surface area contributed by atoms with Crippen LogP contribution >= 0.6 is 0 Å². The number of hydrogen-bond donors (Lipinski definition) is 1. The Morgan fingerprint density at radius 1 is 1.26 bits per heavy atom. The van der Waals surface area contributed by atoms with Gasteiger partial charge in [-0.25, -0.2) is 0 Å². The van der Waals surface area contributed by atoms with Crippen molar-refractivity contribution in [1.29, 1.82) is 0 Å². The largest absolute Gasteiger partial charge is 0.336 e. The molecule has 1 N–H and O–H groups in total. The van der Waals surface area contributed by atoms with Gasteiger partial charge in [0.05, 0.1) is 6.54 Å². The van der Waals surface area contributed by atoms with E-state index in [1.807, 2.05) is 4.90 Å². The molecule has 2 heterocycles. The van der Waals surface area contributed by atoms with Crippen LogP contribution in [0.1, 0.15) is 32.6 Å². The molecule has 0 radical (unpaired) electrons. The molecule has 0 aromatic carbocycles. The second-order valence-corrected chi connectivity index (χ2v) is 6.15. The van der Waals surface area contributed by atoms with E-state index in [-0.39, 0.29) is 17.7 Å². The third-order valence-corrected chi connectivity index (χ3v) is 4.53. The Morgan fingerprint density at radius 2 is 2.05 bits per heavy atom. The third-order valence-electron chi connectivity index (χ3n) is 4.53. The van der Waals surface area contributed by atoms with Gasteiger partial charge in [0.1, 0.15) is 0 Å². The predicted octanol–water partition coefficient (Wildman–Crippen LogP) is 0.208. The zero-order valence-corrected chi connectivity index (χ0v) is 11.6. The molecule has 3 fully saturated rings. The normalized spacial score (nSPS) is 32.6. The molecule has 0 aromatic heterocycles. The number of nitrogens with one attached hydrogen (secondary N) is 1. The van der Waals surface area contributed by atoms with Crippen LogP contribution in [0, 0.1) is 5.92 Å². The zero-order chi connectivity index (χ0) is 13.4. The van der Waals surface area contributed by atoms with E-state index in [9.17, 15) is 9.59 Å². The second kappa shape index (κ2) is 5.12. The van der Waals surface area contributed by atoms with Crippen molar-refractivity contribution in [1.82, 2.24) is 15.1 Å². The maximum absolute atomic E-state index is 12.5. The van der Waals surface area contributed by atoms with E-state index in [1.54, 1.807) is 4.90 Å². The van der Waals surface area contributed by atoms with E-state index in [0.29, 0.717) is 18.6 Å². The van der Waals surface area contributed by atoms with Gasteiger partial charge < -0.3 is 15.1 Å². The van der Waals surface area contributed by atoms with Gasteiger partial charge in [0.25, 0.3) is 0 Å². The predicted molar refractivity (Wildman–Crippen MR) is 71.5 cm³/mol. The Hall–Kier alpha value is -1.10. The Morgan fingerprint density at radius 3 is 2.68 bits per heavy atom. The molecule has 1 aliphatic carbocycles. The van der Waals surface area contributed by atoms with Crippen LogP contribution in [0.25, 0.3) is 0 Å². The number of hydrogen-bond acceptors (Lipinski definition) is 3. The summed E-state index contributed by atoms with van der Waals surface area (Å²) < 4.78 is 0. The molecular formula is C14H23N3O2.